The first kappa shape index (κ1) is 12.6. The summed E-state index contributed by atoms with van der Waals surface area (Å²) in [4.78, 5) is 22.3. The van der Waals surface area contributed by atoms with Crippen molar-refractivity contribution in [2.75, 3.05) is 24.3 Å². The normalized spacial score (nSPS) is 18.6. The van der Waals surface area contributed by atoms with E-state index in [-0.39, 0.29) is 11.9 Å². The lowest BCUT2D eigenvalue weighted by Gasteiger charge is -2.15. The van der Waals surface area contributed by atoms with Crippen LogP contribution in [-0.4, -0.2) is 40.4 Å². The van der Waals surface area contributed by atoms with Gasteiger partial charge in [0.25, 0.3) is 0 Å². The number of anilines is 2. The van der Waals surface area contributed by atoms with Gasteiger partial charge >= 0.3 is 0 Å². The number of hydrogen-bond donors (Lipinski definition) is 3. The Bertz CT molecular complexity index is 658. The van der Waals surface area contributed by atoms with Crippen LogP contribution in [0.1, 0.15) is 6.42 Å². The second kappa shape index (κ2) is 4.93. The van der Waals surface area contributed by atoms with Crippen LogP contribution in [0.3, 0.4) is 0 Å². The highest BCUT2D eigenvalue weighted by atomic mass is 16.2. The molecule has 0 bridgehead atoms. The summed E-state index contributed by atoms with van der Waals surface area (Å²) in [6, 6.07) is 7.36. The van der Waals surface area contributed by atoms with Crippen molar-refractivity contribution in [3.63, 3.8) is 0 Å². The zero-order chi connectivity index (χ0) is 14.1. The molecule has 4 N–H and O–H groups in total. The highest BCUT2D eigenvalue weighted by Crippen LogP contribution is 2.24. The van der Waals surface area contributed by atoms with Gasteiger partial charge in [0.2, 0.25) is 11.9 Å². The number of nitrogens with zero attached hydrogens (tertiary/aromatic N) is 3. The molecule has 3 rings (SSSR count). The van der Waals surface area contributed by atoms with Crippen molar-refractivity contribution in [3.8, 4) is 0 Å². The molecule has 104 valence electrons. The van der Waals surface area contributed by atoms with Gasteiger partial charge < -0.3 is 10.2 Å². The van der Waals surface area contributed by atoms with Crippen LogP contribution >= 0.6 is 0 Å². The van der Waals surface area contributed by atoms with E-state index in [2.05, 4.69) is 20.7 Å². The largest absolute Gasteiger partial charge is 0.358 e. The summed E-state index contributed by atoms with van der Waals surface area (Å²) in [5.41, 5.74) is 3.22. The van der Waals surface area contributed by atoms with Gasteiger partial charge in [0.15, 0.2) is 0 Å². The van der Waals surface area contributed by atoms with Gasteiger partial charge in [-0.2, -0.15) is 4.98 Å². The van der Waals surface area contributed by atoms with Crippen LogP contribution in [0.25, 0.3) is 10.9 Å². The Labute approximate surface area is 116 Å². The maximum absolute atomic E-state index is 12.0. The van der Waals surface area contributed by atoms with E-state index in [4.69, 9.17) is 5.84 Å². The monoisotopic (exact) mass is 272 g/mol. The fraction of sp³-hybridized carbons (Fsp3) is 0.308. The van der Waals surface area contributed by atoms with Crippen LogP contribution in [0.4, 0.5) is 11.8 Å². The van der Waals surface area contributed by atoms with Crippen LogP contribution in [-0.2, 0) is 4.79 Å². The van der Waals surface area contributed by atoms with E-state index in [1.54, 1.807) is 11.9 Å². The number of para-hydroxylation sites is 1. The molecular formula is C13H16N6O. The number of hydrazine groups is 1. The molecule has 7 heteroatoms. The lowest BCUT2D eigenvalue weighted by Crippen LogP contribution is -2.31. The number of rotatable bonds is 3. The number of fused-ring (bicyclic) bond motifs is 1. The topological polar surface area (TPSA) is 96.2 Å². The van der Waals surface area contributed by atoms with Gasteiger partial charge in [-0.25, -0.2) is 10.8 Å². The molecule has 2 aromatic rings. The van der Waals surface area contributed by atoms with Gasteiger partial charge in [-0.3, -0.25) is 10.2 Å². The fourth-order valence-corrected chi connectivity index (χ4v) is 2.37. The first-order chi connectivity index (χ1) is 9.69. The lowest BCUT2D eigenvalue weighted by atomic mass is 10.2. The van der Waals surface area contributed by atoms with E-state index in [1.807, 2.05) is 24.3 Å². The van der Waals surface area contributed by atoms with Gasteiger partial charge in [0, 0.05) is 19.0 Å². The second-order valence-corrected chi connectivity index (χ2v) is 4.80. The summed E-state index contributed by atoms with van der Waals surface area (Å²) >= 11 is 0. The van der Waals surface area contributed by atoms with Gasteiger partial charge in [-0.1, -0.05) is 12.1 Å². The van der Waals surface area contributed by atoms with E-state index in [0.29, 0.717) is 11.8 Å². The van der Waals surface area contributed by atoms with Crippen LogP contribution in [0, 0.1) is 0 Å². The first-order valence-electron chi connectivity index (χ1n) is 6.44. The molecule has 20 heavy (non-hydrogen) atoms. The quantitative estimate of drug-likeness (QED) is 0.558. The number of nitrogen functional groups attached to an aromatic ring is 1. The highest BCUT2D eigenvalue weighted by molar-refractivity contribution is 5.93. The summed E-state index contributed by atoms with van der Waals surface area (Å²) in [6.45, 7) is 0.752. The maximum atomic E-state index is 12.0. The molecule has 1 aromatic heterocycles. The van der Waals surface area contributed by atoms with Gasteiger partial charge in [-0.05, 0) is 18.6 Å². The molecule has 0 spiro atoms. The van der Waals surface area contributed by atoms with Crippen molar-refractivity contribution in [2.24, 2.45) is 5.84 Å². The number of likely N-dealkylation sites (N-methyl/N-ethyl adjacent to an activating group) is 1. The molecule has 1 amide bonds. The SMILES string of the molecule is CN1CCC(Nc2nc(NN)nc3ccccc23)C1=O. The van der Waals surface area contributed by atoms with Crippen molar-refractivity contribution >= 4 is 28.6 Å². The maximum Gasteiger partial charge on any atom is 0.244 e. The Balaban J connectivity index is 2.00. The number of likely N-dealkylation sites (tertiary alicyclic amines) is 1. The molecule has 1 saturated heterocycles. The van der Waals surface area contributed by atoms with Crippen molar-refractivity contribution in [1.82, 2.24) is 14.9 Å². The minimum atomic E-state index is -0.246. The predicted octanol–water partition coefficient (Wildman–Crippen LogP) is 0.558. The van der Waals surface area contributed by atoms with E-state index in [0.717, 1.165) is 23.9 Å². The molecule has 0 saturated carbocycles. The molecule has 1 aliphatic rings. The Morgan fingerprint density at radius 1 is 1.35 bits per heavy atom. The smallest absolute Gasteiger partial charge is 0.244 e. The van der Waals surface area contributed by atoms with Crippen molar-refractivity contribution in [3.05, 3.63) is 24.3 Å². The number of carbonyl (C=O) groups excluding carboxylic acids is 1. The minimum absolute atomic E-state index is 0.0787. The van der Waals surface area contributed by atoms with E-state index in [1.165, 1.54) is 0 Å². The summed E-state index contributed by atoms with van der Waals surface area (Å²) in [7, 11) is 1.80. The molecule has 1 unspecified atom stereocenters. The third-order valence-corrected chi connectivity index (χ3v) is 3.47. The van der Waals surface area contributed by atoms with E-state index >= 15 is 0 Å². The van der Waals surface area contributed by atoms with Crippen LogP contribution in [0.2, 0.25) is 0 Å². The Hall–Kier alpha value is -2.41. The number of nitrogens with two attached hydrogens (primary N) is 1. The average Bonchev–Trinajstić information content (AvgIpc) is 2.79. The zero-order valence-electron chi connectivity index (χ0n) is 11.1. The third-order valence-electron chi connectivity index (χ3n) is 3.47. The minimum Gasteiger partial charge on any atom is -0.358 e. The molecule has 0 radical (unpaired) electrons. The molecule has 0 aliphatic carbocycles. The lowest BCUT2D eigenvalue weighted by molar-refractivity contribution is -0.127. The highest BCUT2D eigenvalue weighted by Gasteiger charge is 2.29. The molecule has 1 aliphatic heterocycles. The van der Waals surface area contributed by atoms with E-state index in [9.17, 15) is 4.79 Å². The van der Waals surface area contributed by atoms with Crippen LogP contribution in [0.15, 0.2) is 24.3 Å². The van der Waals surface area contributed by atoms with Gasteiger partial charge in [-0.15, -0.1) is 0 Å². The molecule has 2 heterocycles. The van der Waals surface area contributed by atoms with Crippen LogP contribution in [0.5, 0.6) is 0 Å². The number of hydrogen-bond acceptors (Lipinski definition) is 6. The van der Waals surface area contributed by atoms with Crippen molar-refractivity contribution in [2.45, 2.75) is 12.5 Å². The first-order valence-corrected chi connectivity index (χ1v) is 6.44. The number of benzene rings is 1. The summed E-state index contributed by atoms with van der Waals surface area (Å²) in [6.07, 6.45) is 0.763. The predicted molar refractivity (Wildman–Crippen MR) is 77.0 cm³/mol. The molecule has 1 aromatic carbocycles. The fourth-order valence-electron chi connectivity index (χ4n) is 2.37. The second-order valence-electron chi connectivity index (χ2n) is 4.80. The zero-order valence-corrected chi connectivity index (χ0v) is 11.1. The van der Waals surface area contributed by atoms with Gasteiger partial charge in [0.05, 0.1) is 5.52 Å². The molecule has 1 atom stereocenters. The summed E-state index contributed by atoms with van der Waals surface area (Å²) in [5.74, 6) is 6.41. The van der Waals surface area contributed by atoms with Crippen molar-refractivity contribution in [1.29, 1.82) is 0 Å². The van der Waals surface area contributed by atoms with Gasteiger partial charge in [0.1, 0.15) is 11.9 Å². The summed E-state index contributed by atoms with van der Waals surface area (Å²) < 4.78 is 0. The Kier molecular flexibility index (Phi) is 3.11. The average molecular weight is 272 g/mol. The summed E-state index contributed by atoms with van der Waals surface area (Å²) in [5, 5.41) is 4.07. The standard InChI is InChI=1S/C13H16N6O/c1-19-7-6-10(12(19)20)15-11-8-4-2-3-5-9(8)16-13(17-11)18-14/h2-5,10H,6-7,14H2,1H3,(H2,15,16,17,18). The molecule has 1 fully saturated rings. The molecule has 7 nitrogen and oxygen atoms in total. The number of carbonyl (C=O) groups is 1. The van der Waals surface area contributed by atoms with E-state index < -0.39 is 0 Å². The number of nitrogens with one attached hydrogen (secondary N) is 2. The van der Waals surface area contributed by atoms with Crippen LogP contribution < -0.4 is 16.6 Å². The third kappa shape index (κ3) is 2.12. The number of amides is 1. The number of aromatic nitrogens is 2. The Morgan fingerprint density at radius 2 is 2.15 bits per heavy atom. The molecular weight excluding hydrogens is 256 g/mol. The Morgan fingerprint density at radius 3 is 2.85 bits per heavy atom. The van der Waals surface area contributed by atoms with Crippen molar-refractivity contribution < 1.29 is 4.79 Å².